The molecule has 1 aliphatic heterocycles. The second-order valence-corrected chi connectivity index (χ2v) is 2.66. The fourth-order valence-electron chi connectivity index (χ4n) is 1.26. The highest BCUT2D eigenvalue weighted by Gasteiger charge is 2.27. The molecule has 1 amide bonds. The summed E-state index contributed by atoms with van der Waals surface area (Å²) in [4.78, 5) is 10.8. The molecular weight excluding hydrogens is 156 g/mol. The molecule has 4 heteroatoms. The third kappa shape index (κ3) is 1.97. The molecule has 0 radical (unpaired) electrons. The highest BCUT2D eigenvalue weighted by Crippen LogP contribution is 2.02. The topological polar surface area (TPSA) is 50.4 Å². The lowest BCUT2D eigenvalue weighted by Gasteiger charge is -2.16. The predicted molar refractivity (Wildman–Crippen MR) is 44.4 cm³/mol. The number of methoxy groups -OCH3 is 1. The van der Waals surface area contributed by atoms with E-state index in [1.165, 1.54) is 0 Å². The van der Waals surface area contributed by atoms with Crippen LogP contribution in [-0.2, 0) is 9.53 Å². The van der Waals surface area contributed by atoms with Crippen molar-refractivity contribution in [3.05, 3.63) is 0 Å². The number of hydrogen-bond acceptors (Lipinski definition) is 3. The van der Waals surface area contributed by atoms with Gasteiger partial charge in [-0.15, -0.1) is 6.42 Å². The fourth-order valence-corrected chi connectivity index (χ4v) is 1.26. The van der Waals surface area contributed by atoms with Gasteiger partial charge in [0, 0.05) is 20.2 Å². The lowest BCUT2D eigenvalue weighted by molar-refractivity contribution is -0.116. The van der Waals surface area contributed by atoms with Crippen molar-refractivity contribution in [2.24, 2.45) is 0 Å². The van der Waals surface area contributed by atoms with Crippen LogP contribution in [0.15, 0.2) is 0 Å². The van der Waals surface area contributed by atoms with E-state index in [0.29, 0.717) is 6.54 Å². The van der Waals surface area contributed by atoms with Gasteiger partial charge in [0.05, 0.1) is 12.1 Å². The van der Waals surface area contributed by atoms with Gasteiger partial charge in [-0.3, -0.25) is 4.79 Å². The van der Waals surface area contributed by atoms with Crippen molar-refractivity contribution >= 4 is 5.91 Å². The Labute approximate surface area is 71.7 Å². The Kier molecular flexibility index (Phi) is 3.09. The molecule has 1 fully saturated rings. The first-order valence-corrected chi connectivity index (χ1v) is 3.78. The van der Waals surface area contributed by atoms with Crippen LogP contribution in [0.1, 0.15) is 0 Å². The third-order valence-electron chi connectivity index (χ3n) is 1.91. The van der Waals surface area contributed by atoms with Crippen LogP contribution in [0.2, 0.25) is 0 Å². The van der Waals surface area contributed by atoms with E-state index >= 15 is 0 Å². The van der Waals surface area contributed by atoms with Gasteiger partial charge in [-0.05, 0) is 5.92 Å². The zero-order chi connectivity index (χ0) is 8.97. The van der Waals surface area contributed by atoms with E-state index in [-0.39, 0.29) is 18.1 Å². The molecule has 1 heterocycles. The van der Waals surface area contributed by atoms with Gasteiger partial charge < -0.3 is 15.4 Å². The molecule has 0 saturated carbocycles. The van der Waals surface area contributed by atoms with Crippen LogP contribution >= 0.6 is 0 Å². The van der Waals surface area contributed by atoms with Crippen molar-refractivity contribution in [2.45, 2.75) is 12.1 Å². The molecule has 0 aromatic heterocycles. The SMILES string of the molecule is C#CC(=O)NC1CNC[C@@H]1OC. The van der Waals surface area contributed by atoms with E-state index in [1.807, 2.05) is 5.92 Å². The maximum absolute atomic E-state index is 10.8. The summed E-state index contributed by atoms with van der Waals surface area (Å²) in [6.45, 7) is 1.47. The van der Waals surface area contributed by atoms with Crippen molar-refractivity contribution in [1.29, 1.82) is 0 Å². The average molecular weight is 168 g/mol. The van der Waals surface area contributed by atoms with Gasteiger partial charge in [-0.2, -0.15) is 0 Å². The van der Waals surface area contributed by atoms with Crippen LogP contribution in [0.3, 0.4) is 0 Å². The molecule has 0 spiro atoms. The van der Waals surface area contributed by atoms with Gasteiger partial charge in [-0.1, -0.05) is 0 Å². The van der Waals surface area contributed by atoms with Crippen LogP contribution in [0.5, 0.6) is 0 Å². The summed E-state index contributed by atoms with van der Waals surface area (Å²) in [5, 5.41) is 5.76. The molecule has 1 rings (SSSR count). The summed E-state index contributed by atoms with van der Waals surface area (Å²) >= 11 is 0. The minimum Gasteiger partial charge on any atom is -0.378 e. The molecule has 2 atom stereocenters. The largest absolute Gasteiger partial charge is 0.378 e. The second kappa shape index (κ2) is 4.10. The fraction of sp³-hybridized carbons (Fsp3) is 0.625. The van der Waals surface area contributed by atoms with Crippen molar-refractivity contribution in [3.8, 4) is 12.3 Å². The summed E-state index contributed by atoms with van der Waals surface area (Å²) in [6.07, 6.45) is 4.94. The van der Waals surface area contributed by atoms with E-state index in [0.717, 1.165) is 6.54 Å². The number of terminal acetylenes is 1. The molecule has 0 bridgehead atoms. The third-order valence-corrected chi connectivity index (χ3v) is 1.91. The Morgan fingerprint density at radius 3 is 3.08 bits per heavy atom. The van der Waals surface area contributed by atoms with Gasteiger partial charge in [0.15, 0.2) is 0 Å². The summed E-state index contributed by atoms with van der Waals surface area (Å²) in [5.41, 5.74) is 0. The monoisotopic (exact) mass is 168 g/mol. The van der Waals surface area contributed by atoms with Gasteiger partial charge in [0.1, 0.15) is 0 Å². The number of carbonyl (C=O) groups is 1. The maximum atomic E-state index is 10.8. The van der Waals surface area contributed by atoms with E-state index < -0.39 is 0 Å². The van der Waals surface area contributed by atoms with Crippen molar-refractivity contribution in [1.82, 2.24) is 10.6 Å². The minimum atomic E-state index is -0.384. The normalized spacial score (nSPS) is 28.0. The van der Waals surface area contributed by atoms with Crippen molar-refractivity contribution in [3.63, 3.8) is 0 Å². The molecule has 0 aliphatic carbocycles. The molecule has 1 aliphatic rings. The molecule has 2 N–H and O–H groups in total. The average Bonchev–Trinajstić information content (AvgIpc) is 2.51. The van der Waals surface area contributed by atoms with Crippen molar-refractivity contribution < 1.29 is 9.53 Å². The Hall–Kier alpha value is -1.05. The molecule has 0 aromatic carbocycles. The molecule has 1 saturated heterocycles. The number of hydrogen-bond donors (Lipinski definition) is 2. The lowest BCUT2D eigenvalue weighted by atomic mass is 10.2. The Balaban J connectivity index is 2.41. The molecular formula is C8H12N2O2. The first-order valence-electron chi connectivity index (χ1n) is 3.78. The predicted octanol–water partition coefficient (Wildman–Crippen LogP) is -1.28. The van der Waals surface area contributed by atoms with Crippen LogP contribution in [0.4, 0.5) is 0 Å². The zero-order valence-electron chi connectivity index (χ0n) is 6.96. The van der Waals surface area contributed by atoms with Gasteiger partial charge in [0.2, 0.25) is 0 Å². The molecule has 4 nitrogen and oxygen atoms in total. The number of nitrogens with one attached hydrogen (secondary N) is 2. The highest BCUT2D eigenvalue weighted by molar-refractivity contribution is 5.93. The number of ether oxygens (including phenoxy) is 1. The Bertz CT molecular complexity index is 210. The van der Waals surface area contributed by atoms with E-state index in [1.54, 1.807) is 7.11 Å². The van der Waals surface area contributed by atoms with E-state index in [4.69, 9.17) is 11.2 Å². The van der Waals surface area contributed by atoms with Gasteiger partial charge in [-0.25, -0.2) is 0 Å². The number of rotatable bonds is 2. The van der Waals surface area contributed by atoms with E-state index in [9.17, 15) is 4.79 Å². The summed E-state index contributed by atoms with van der Waals surface area (Å²) < 4.78 is 5.12. The van der Waals surface area contributed by atoms with Crippen LogP contribution in [0, 0.1) is 12.3 Å². The molecule has 0 aromatic rings. The molecule has 1 unspecified atom stereocenters. The summed E-state index contributed by atoms with van der Waals surface area (Å²) in [6, 6.07) is -0.00134. The first-order chi connectivity index (χ1) is 5.77. The van der Waals surface area contributed by atoms with Crippen molar-refractivity contribution in [2.75, 3.05) is 20.2 Å². The van der Waals surface area contributed by atoms with Crippen LogP contribution in [0.25, 0.3) is 0 Å². The quantitative estimate of drug-likeness (QED) is 0.505. The minimum absolute atomic E-state index is 0.00134. The molecule has 66 valence electrons. The van der Waals surface area contributed by atoms with Gasteiger partial charge in [0.25, 0.3) is 5.91 Å². The standard InChI is InChI=1S/C8H12N2O2/c1-3-8(11)10-6-4-9-5-7(6)12-2/h1,6-7,9H,4-5H2,2H3,(H,10,11)/t6?,7-/m0/s1. The first kappa shape index (κ1) is 9.04. The molecule has 12 heavy (non-hydrogen) atoms. The number of amides is 1. The van der Waals surface area contributed by atoms with Gasteiger partial charge >= 0.3 is 0 Å². The summed E-state index contributed by atoms with van der Waals surface area (Å²) in [7, 11) is 1.62. The number of carbonyl (C=O) groups excluding carboxylic acids is 1. The summed E-state index contributed by atoms with van der Waals surface area (Å²) in [5.74, 6) is 1.62. The Morgan fingerprint density at radius 1 is 1.75 bits per heavy atom. The zero-order valence-corrected chi connectivity index (χ0v) is 6.96. The maximum Gasteiger partial charge on any atom is 0.295 e. The van der Waals surface area contributed by atoms with Crippen LogP contribution < -0.4 is 10.6 Å². The highest BCUT2D eigenvalue weighted by atomic mass is 16.5. The Morgan fingerprint density at radius 2 is 2.50 bits per heavy atom. The lowest BCUT2D eigenvalue weighted by Crippen LogP contribution is -2.42. The van der Waals surface area contributed by atoms with Crippen LogP contribution in [-0.4, -0.2) is 38.3 Å². The second-order valence-electron chi connectivity index (χ2n) is 2.66. The smallest absolute Gasteiger partial charge is 0.295 e. The van der Waals surface area contributed by atoms with E-state index in [2.05, 4.69) is 10.6 Å².